The number of rotatable bonds is 7. The molecule has 1 aromatic carbocycles. The van der Waals surface area contributed by atoms with Gasteiger partial charge in [0.05, 0.1) is 6.61 Å². The summed E-state index contributed by atoms with van der Waals surface area (Å²) in [5.74, 6) is 0.777. The minimum atomic E-state index is 0.523. The van der Waals surface area contributed by atoms with Crippen LogP contribution in [0.1, 0.15) is 39.2 Å². The van der Waals surface area contributed by atoms with E-state index in [9.17, 15) is 0 Å². The first-order valence-electron chi connectivity index (χ1n) is 6.46. The predicted molar refractivity (Wildman–Crippen MR) is 74.3 cm³/mol. The van der Waals surface area contributed by atoms with Gasteiger partial charge in [-0.1, -0.05) is 26.0 Å². The summed E-state index contributed by atoms with van der Waals surface area (Å²) >= 11 is 0. The van der Waals surface area contributed by atoms with Crippen molar-refractivity contribution in [3.05, 3.63) is 29.8 Å². The first-order chi connectivity index (χ1) is 8.11. The molecule has 0 saturated heterocycles. The van der Waals surface area contributed by atoms with E-state index in [1.54, 1.807) is 7.11 Å². The lowest BCUT2D eigenvalue weighted by molar-refractivity contribution is 0.185. The molecule has 2 heteroatoms. The van der Waals surface area contributed by atoms with Crippen molar-refractivity contribution in [1.82, 2.24) is 0 Å². The van der Waals surface area contributed by atoms with E-state index >= 15 is 0 Å². The summed E-state index contributed by atoms with van der Waals surface area (Å²) in [6, 6.07) is 8.97. The van der Waals surface area contributed by atoms with Crippen LogP contribution in [0, 0.1) is 5.92 Å². The van der Waals surface area contributed by atoms with Crippen molar-refractivity contribution in [3.8, 4) is 0 Å². The van der Waals surface area contributed by atoms with Crippen molar-refractivity contribution in [2.24, 2.45) is 5.92 Å². The van der Waals surface area contributed by atoms with Gasteiger partial charge in [-0.05, 0) is 43.4 Å². The third kappa shape index (κ3) is 5.73. The van der Waals surface area contributed by atoms with Crippen LogP contribution in [0.25, 0.3) is 0 Å². The van der Waals surface area contributed by atoms with Crippen LogP contribution in [0.2, 0.25) is 0 Å². The van der Waals surface area contributed by atoms with Gasteiger partial charge >= 0.3 is 0 Å². The van der Waals surface area contributed by atoms with E-state index in [0.717, 1.165) is 5.92 Å². The quantitative estimate of drug-likeness (QED) is 0.769. The molecule has 0 bridgehead atoms. The van der Waals surface area contributed by atoms with Gasteiger partial charge < -0.3 is 10.1 Å². The lowest BCUT2D eigenvalue weighted by atomic mass is 10.0. The van der Waals surface area contributed by atoms with E-state index in [1.165, 1.54) is 24.1 Å². The average molecular weight is 235 g/mol. The second kappa shape index (κ2) is 7.33. The molecule has 0 saturated carbocycles. The smallest absolute Gasteiger partial charge is 0.0713 e. The Labute approximate surface area is 105 Å². The summed E-state index contributed by atoms with van der Waals surface area (Å²) in [5.41, 5.74) is 2.41. The van der Waals surface area contributed by atoms with E-state index in [2.05, 4.69) is 50.4 Å². The predicted octanol–water partition coefficient (Wildman–Crippen LogP) is 4.07. The molecule has 1 unspecified atom stereocenters. The lowest BCUT2D eigenvalue weighted by Gasteiger charge is -2.17. The van der Waals surface area contributed by atoms with Gasteiger partial charge in [0.1, 0.15) is 0 Å². The molecule has 0 fully saturated rings. The van der Waals surface area contributed by atoms with Crippen molar-refractivity contribution in [3.63, 3.8) is 0 Å². The summed E-state index contributed by atoms with van der Waals surface area (Å²) in [6.45, 7) is 7.46. The molecule has 1 rings (SSSR count). The molecule has 0 heterocycles. The second-order valence-electron chi connectivity index (χ2n) is 5.15. The van der Waals surface area contributed by atoms with Crippen molar-refractivity contribution in [2.75, 3.05) is 12.4 Å². The molecule has 0 spiro atoms. The van der Waals surface area contributed by atoms with Crippen LogP contribution < -0.4 is 5.32 Å². The van der Waals surface area contributed by atoms with Gasteiger partial charge in [-0.2, -0.15) is 0 Å². The van der Waals surface area contributed by atoms with Crippen LogP contribution in [0.15, 0.2) is 24.3 Å². The maximum atomic E-state index is 5.14. The highest BCUT2D eigenvalue weighted by Crippen LogP contribution is 2.15. The zero-order chi connectivity index (χ0) is 12.7. The maximum absolute atomic E-state index is 5.14. The highest BCUT2D eigenvalue weighted by Gasteiger charge is 2.04. The summed E-state index contributed by atoms with van der Waals surface area (Å²) in [4.78, 5) is 0. The Morgan fingerprint density at radius 3 is 2.59 bits per heavy atom. The van der Waals surface area contributed by atoms with Gasteiger partial charge in [0, 0.05) is 18.8 Å². The molecule has 0 aliphatic carbocycles. The van der Waals surface area contributed by atoms with Crippen LogP contribution in [-0.4, -0.2) is 13.2 Å². The normalized spacial score (nSPS) is 12.8. The molecule has 1 N–H and O–H groups in total. The van der Waals surface area contributed by atoms with Crippen LogP contribution in [0.3, 0.4) is 0 Å². The minimum Gasteiger partial charge on any atom is -0.383 e. The Bertz CT molecular complexity index is 322. The minimum absolute atomic E-state index is 0.523. The summed E-state index contributed by atoms with van der Waals surface area (Å²) < 4.78 is 5.14. The molecular weight excluding hydrogens is 210 g/mol. The third-order valence-corrected chi connectivity index (χ3v) is 2.83. The number of hydrogen-bond donors (Lipinski definition) is 1. The van der Waals surface area contributed by atoms with Gasteiger partial charge in [0.2, 0.25) is 0 Å². The lowest BCUT2D eigenvalue weighted by Crippen LogP contribution is -2.15. The highest BCUT2D eigenvalue weighted by atomic mass is 16.5. The zero-order valence-corrected chi connectivity index (χ0v) is 11.5. The van der Waals surface area contributed by atoms with E-state index in [0.29, 0.717) is 12.6 Å². The fraction of sp³-hybridized carbons (Fsp3) is 0.600. The SMILES string of the molecule is COCc1cccc(NC(C)CCC(C)C)c1. The van der Waals surface area contributed by atoms with Crippen molar-refractivity contribution in [2.45, 2.75) is 46.3 Å². The van der Waals surface area contributed by atoms with E-state index < -0.39 is 0 Å². The Morgan fingerprint density at radius 1 is 1.18 bits per heavy atom. The Hall–Kier alpha value is -1.02. The van der Waals surface area contributed by atoms with Crippen molar-refractivity contribution >= 4 is 5.69 Å². The van der Waals surface area contributed by atoms with Crippen LogP contribution in [-0.2, 0) is 11.3 Å². The first-order valence-corrected chi connectivity index (χ1v) is 6.46. The number of methoxy groups -OCH3 is 1. The monoisotopic (exact) mass is 235 g/mol. The molecule has 0 amide bonds. The first kappa shape index (κ1) is 14.0. The molecule has 0 aromatic heterocycles. The van der Waals surface area contributed by atoms with E-state index in [4.69, 9.17) is 4.74 Å². The van der Waals surface area contributed by atoms with Gasteiger partial charge in [-0.25, -0.2) is 0 Å². The zero-order valence-electron chi connectivity index (χ0n) is 11.5. The summed E-state index contributed by atoms with van der Waals surface area (Å²) in [6.07, 6.45) is 2.48. The second-order valence-corrected chi connectivity index (χ2v) is 5.15. The Balaban J connectivity index is 2.46. The molecule has 0 radical (unpaired) electrons. The van der Waals surface area contributed by atoms with Crippen LogP contribution >= 0.6 is 0 Å². The summed E-state index contributed by atoms with van der Waals surface area (Å²) in [7, 11) is 1.73. The van der Waals surface area contributed by atoms with Crippen LogP contribution in [0.5, 0.6) is 0 Å². The summed E-state index contributed by atoms with van der Waals surface area (Å²) in [5, 5.41) is 3.54. The number of benzene rings is 1. The van der Waals surface area contributed by atoms with E-state index in [1.807, 2.05) is 0 Å². The molecule has 1 atom stereocenters. The molecular formula is C15H25NO. The number of hydrogen-bond acceptors (Lipinski definition) is 2. The van der Waals surface area contributed by atoms with Gasteiger partial charge in [0.15, 0.2) is 0 Å². The van der Waals surface area contributed by atoms with Gasteiger partial charge in [0.25, 0.3) is 0 Å². The average Bonchev–Trinajstić information content (AvgIpc) is 2.27. The third-order valence-electron chi connectivity index (χ3n) is 2.83. The molecule has 0 aliphatic heterocycles. The van der Waals surface area contributed by atoms with Crippen molar-refractivity contribution in [1.29, 1.82) is 0 Å². The van der Waals surface area contributed by atoms with Crippen LogP contribution in [0.4, 0.5) is 5.69 Å². The number of anilines is 1. The molecule has 17 heavy (non-hydrogen) atoms. The highest BCUT2D eigenvalue weighted by molar-refractivity contribution is 5.46. The number of ether oxygens (including phenoxy) is 1. The van der Waals surface area contributed by atoms with Gasteiger partial charge in [-0.15, -0.1) is 0 Å². The standard InChI is InChI=1S/C15H25NO/c1-12(2)8-9-13(3)16-15-7-5-6-14(10-15)11-17-4/h5-7,10,12-13,16H,8-9,11H2,1-4H3. The molecule has 1 aromatic rings. The van der Waals surface area contributed by atoms with Gasteiger partial charge in [-0.3, -0.25) is 0 Å². The molecule has 2 nitrogen and oxygen atoms in total. The fourth-order valence-corrected chi connectivity index (χ4v) is 1.86. The molecule has 0 aliphatic rings. The van der Waals surface area contributed by atoms with E-state index in [-0.39, 0.29) is 0 Å². The Morgan fingerprint density at radius 2 is 1.94 bits per heavy atom. The largest absolute Gasteiger partial charge is 0.383 e. The number of nitrogens with one attached hydrogen (secondary N) is 1. The topological polar surface area (TPSA) is 21.3 Å². The fourth-order valence-electron chi connectivity index (χ4n) is 1.86. The molecule has 96 valence electrons. The Kier molecular flexibility index (Phi) is 6.06. The maximum Gasteiger partial charge on any atom is 0.0713 e. The van der Waals surface area contributed by atoms with Crippen molar-refractivity contribution < 1.29 is 4.74 Å².